The molecule has 4 unspecified atom stereocenters. The molecule has 1 saturated carbocycles. The van der Waals surface area contributed by atoms with Crippen molar-refractivity contribution in [2.75, 3.05) is 12.9 Å². The Morgan fingerprint density at radius 3 is 2.71 bits per heavy atom. The van der Waals surface area contributed by atoms with E-state index in [4.69, 9.17) is 0 Å². The van der Waals surface area contributed by atoms with Gasteiger partial charge < -0.3 is 10.4 Å². The molecule has 2 N–H and O–H groups in total. The molecule has 0 aliphatic heterocycles. The Morgan fingerprint density at radius 2 is 2.12 bits per heavy atom. The molecule has 4 atom stereocenters. The summed E-state index contributed by atoms with van der Waals surface area (Å²) in [5.74, 6) is 0.140. The first-order chi connectivity index (χ1) is 8.22. The lowest BCUT2D eigenvalue weighted by Crippen LogP contribution is -2.46. The second-order valence-electron chi connectivity index (χ2n) is 4.89. The molecule has 17 heavy (non-hydrogen) atoms. The molecule has 0 aromatic carbocycles. The number of rotatable bonds is 5. The number of aliphatic hydroxyl groups is 1. The van der Waals surface area contributed by atoms with Crippen molar-refractivity contribution in [2.45, 2.75) is 56.4 Å². The molecule has 98 valence electrons. The summed E-state index contributed by atoms with van der Waals surface area (Å²) in [6.07, 6.45) is 7.77. The fourth-order valence-corrected chi connectivity index (χ4v) is 3.18. The van der Waals surface area contributed by atoms with E-state index in [0.717, 1.165) is 12.8 Å². The SMILES string of the molecule is CSC(CO)C(C)NC1CCCCCC1C#N. The molecular formula is C13H24N2OS. The molecule has 0 saturated heterocycles. The van der Waals surface area contributed by atoms with Gasteiger partial charge in [-0.25, -0.2) is 0 Å². The molecule has 4 heteroatoms. The summed E-state index contributed by atoms with van der Waals surface area (Å²) in [4.78, 5) is 0. The van der Waals surface area contributed by atoms with Gasteiger partial charge in [-0.1, -0.05) is 19.3 Å². The van der Waals surface area contributed by atoms with Crippen molar-refractivity contribution in [1.82, 2.24) is 5.32 Å². The molecule has 0 aromatic rings. The van der Waals surface area contributed by atoms with Gasteiger partial charge in [0.25, 0.3) is 0 Å². The summed E-state index contributed by atoms with van der Waals surface area (Å²) < 4.78 is 0. The molecule has 0 amide bonds. The van der Waals surface area contributed by atoms with Crippen LogP contribution in [-0.4, -0.2) is 35.3 Å². The molecule has 0 spiro atoms. The van der Waals surface area contributed by atoms with Crippen LogP contribution in [0.4, 0.5) is 0 Å². The Bertz CT molecular complexity index is 250. The number of nitrogens with one attached hydrogen (secondary N) is 1. The van der Waals surface area contributed by atoms with Crippen molar-refractivity contribution in [3.63, 3.8) is 0 Å². The van der Waals surface area contributed by atoms with Crippen LogP contribution in [0, 0.1) is 17.2 Å². The molecule has 1 aliphatic carbocycles. The van der Waals surface area contributed by atoms with Gasteiger partial charge in [-0.05, 0) is 26.0 Å². The molecule has 3 nitrogen and oxygen atoms in total. The Morgan fingerprint density at radius 1 is 1.41 bits per heavy atom. The molecule has 0 radical (unpaired) electrons. The second kappa shape index (κ2) is 7.97. The highest BCUT2D eigenvalue weighted by atomic mass is 32.2. The van der Waals surface area contributed by atoms with Gasteiger partial charge in [0.2, 0.25) is 0 Å². The van der Waals surface area contributed by atoms with Gasteiger partial charge in [0.1, 0.15) is 0 Å². The topological polar surface area (TPSA) is 56.0 Å². The Kier molecular flexibility index (Phi) is 6.94. The van der Waals surface area contributed by atoms with Crippen LogP contribution in [0.15, 0.2) is 0 Å². The zero-order valence-electron chi connectivity index (χ0n) is 10.9. The summed E-state index contributed by atoms with van der Waals surface area (Å²) in [6, 6.07) is 3.01. The smallest absolute Gasteiger partial charge is 0.0672 e. The van der Waals surface area contributed by atoms with E-state index < -0.39 is 0 Å². The minimum atomic E-state index is 0.140. The van der Waals surface area contributed by atoms with E-state index in [-0.39, 0.29) is 23.8 Å². The fraction of sp³-hybridized carbons (Fsp3) is 0.923. The van der Waals surface area contributed by atoms with Crippen LogP contribution in [0.25, 0.3) is 0 Å². The van der Waals surface area contributed by atoms with Crippen molar-refractivity contribution in [3.8, 4) is 6.07 Å². The average molecular weight is 256 g/mol. The third-order valence-electron chi connectivity index (χ3n) is 3.70. The maximum absolute atomic E-state index is 9.28. The maximum atomic E-state index is 9.28. The highest BCUT2D eigenvalue weighted by molar-refractivity contribution is 7.99. The quantitative estimate of drug-likeness (QED) is 0.740. The summed E-state index contributed by atoms with van der Waals surface area (Å²) in [7, 11) is 0. The van der Waals surface area contributed by atoms with Crippen molar-refractivity contribution in [3.05, 3.63) is 0 Å². The largest absolute Gasteiger partial charge is 0.395 e. The van der Waals surface area contributed by atoms with Crippen LogP contribution >= 0.6 is 11.8 Å². The normalized spacial score (nSPS) is 29.1. The zero-order valence-corrected chi connectivity index (χ0v) is 11.7. The van der Waals surface area contributed by atoms with E-state index in [1.165, 1.54) is 19.3 Å². The van der Waals surface area contributed by atoms with Gasteiger partial charge in [0, 0.05) is 17.3 Å². The lowest BCUT2D eigenvalue weighted by atomic mass is 9.95. The lowest BCUT2D eigenvalue weighted by Gasteiger charge is -2.29. The highest BCUT2D eigenvalue weighted by Crippen LogP contribution is 2.24. The minimum Gasteiger partial charge on any atom is -0.395 e. The Balaban J connectivity index is 2.54. The van der Waals surface area contributed by atoms with Crippen LogP contribution in [0.1, 0.15) is 39.0 Å². The number of aliphatic hydroxyl groups excluding tert-OH is 1. The zero-order chi connectivity index (χ0) is 12.7. The standard InChI is InChI=1S/C13H24N2OS/c1-10(13(9-16)17-2)15-12-7-5-3-4-6-11(12)8-14/h10-13,15-16H,3-7,9H2,1-2H3. The average Bonchev–Trinajstić information content (AvgIpc) is 2.55. The van der Waals surface area contributed by atoms with Gasteiger partial charge in [-0.2, -0.15) is 17.0 Å². The van der Waals surface area contributed by atoms with E-state index in [2.05, 4.69) is 18.3 Å². The van der Waals surface area contributed by atoms with Gasteiger partial charge >= 0.3 is 0 Å². The number of nitriles is 1. The number of hydrogen-bond donors (Lipinski definition) is 2. The summed E-state index contributed by atoms with van der Waals surface area (Å²) in [5.41, 5.74) is 0. The fourth-order valence-electron chi connectivity index (χ4n) is 2.54. The third kappa shape index (κ3) is 4.50. The molecule has 0 bridgehead atoms. The van der Waals surface area contributed by atoms with Crippen molar-refractivity contribution in [2.24, 2.45) is 5.92 Å². The van der Waals surface area contributed by atoms with Crippen molar-refractivity contribution >= 4 is 11.8 Å². The molecular weight excluding hydrogens is 232 g/mol. The predicted octanol–water partition coefficient (Wildman–Crippen LogP) is 2.16. The van der Waals surface area contributed by atoms with Gasteiger partial charge in [-0.3, -0.25) is 0 Å². The Labute approximate surface area is 109 Å². The third-order valence-corrected chi connectivity index (χ3v) is 4.86. The molecule has 1 rings (SSSR count). The predicted molar refractivity (Wildman–Crippen MR) is 73.0 cm³/mol. The molecule has 1 fully saturated rings. The van der Waals surface area contributed by atoms with Crippen LogP contribution in [0.5, 0.6) is 0 Å². The first-order valence-corrected chi connectivity index (χ1v) is 7.81. The van der Waals surface area contributed by atoms with Gasteiger partial charge in [0.15, 0.2) is 0 Å². The molecule has 0 aromatic heterocycles. The maximum Gasteiger partial charge on any atom is 0.0672 e. The lowest BCUT2D eigenvalue weighted by molar-refractivity contribution is 0.261. The van der Waals surface area contributed by atoms with Crippen LogP contribution in [0.2, 0.25) is 0 Å². The monoisotopic (exact) mass is 256 g/mol. The number of thioether (sulfide) groups is 1. The summed E-state index contributed by atoms with van der Waals surface area (Å²) >= 11 is 1.69. The Hall–Kier alpha value is -0.240. The molecule has 1 aliphatic rings. The number of hydrogen-bond acceptors (Lipinski definition) is 4. The first-order valence-electron chi connectivity index (χ1n) is 6.52. The van der Waals surface area contributed by atoms with Crippen LogP contribution in [0.3, 0.4) is 0 Å². The number of nitrogens with zero attached hydrogens (tertiary/aromatic N) is 1. The second-order valence-corrected chi connectivity index (χ2v) is 5.97. The van der Waals surface area contributed by atoms with Crippen LogP contribution in [-0.2, 0) is 0 Å². The minimum absolute atomic E-state index is 0.140. The van der Waals surface area contributed by atoms with Gasteiger partial charge in [0.05, 0.1) is 18.6 Å². The van der Waals surface area contributed by atoms with Gasteiger partial charge in [-0.15, -0.1) is 0 Å². The van der Waals surface area contributed by atoms with E-state index in [9.17, 15) is 10.4 Å². The highest BCUT2D eigenvalue weighted by Gasteiger charge is 2.26. The van der Waals surface area contributed by atoms with Crippen LogP contribution < -0.4 is 5.32 Å². The van der Waals surface area contributed by atoms with E-state index in [1.807, 2.05) is 6.26 Å². The van der Waals surface area contributed by atoms with Crippen molar-refractivity contribution in [1.29, 1.82) is 5.26 Å². The van der Waals surface area contributed by atoms with Crippen molar-refractivity contribution < 1.29 is 5.11 Å². The summed E-state index contributed by atoms with van der Waals surface area (Å²) in [5, 5.41) is 22.3. The molecule has 0 heterocycles. The van der Waals surface area contributed by atoms with E-state index in [1.54, 1.807) is 11.8 Å². The summed E-state index contributed by atoms with van der Waals surface area (Å²) in [6.45, 7) is 2.30. The van der Waals surface area contributed by atoms with E-state index in [0.29, 0.717) is 6.04 Å². The van der Waals surface area contributed by atoms with E-state index >= 15 is 0 Å². The first kappa shape index (κ1) is 14.8.